The number of amides is 1. The summed E-state index contributed by atoms with van der Waals surface area (Å²) in [7, 11) is 0. The summed E-state index contributed by atoms with van der Waals surface area (Å²) in [6.45, 7) is 19.8. The highest BCUT2D eigenvalue weighted by Crippen LogP contribution is 2.76. The molecule has 3 heterocycles. The molecule has 9 rings (SSSR count). The van der Waals surface area contributed by atoms with E-state index in [4.69, 9.17) is 28.4 Å². The van der Waals surface area contributed by atoms with E-state index in [0.29, 0.717) is 18.9 Å². The lowest BCUT2D eigenvalue weighted by Gasteiger charge is -2.71. The average molecular weight is 1030 g/mol. The number of hydrogen-bond donors (Lipinski definition) is 9. The van der Waals surface area contributed by atoms with Crippen molar-refractivity contribution in [2.45, 2.75) is 238 Å². The minimum atomic E-state index is -1.73. The topological polar surface area (TPSA) is 246 Å². The number of carbonyl (C=O) groups excluding carboxylic acids is 1. The van der Waals surface area contributed by atoms with E-state index in [2.05, 4.69) is 84.1 Å². The number of aliphatic hydroxyl groups is 8. The lowest BCUT2D eigenvalue weighted by atomic mass is 9.33. The molecule has 3 aliphatic heterocycles. The van der Waals surface area contributed by atoms with Crippen LogP contribution in [-0.2, 0) is 39.6 Å². The van der Waals surface area contributed by atoms with E-state index in [-0.39, 0.29) is 39.4 Å². The molecule has 0 spiro atoms. The maximum atomic E-state index is 14.7. The van der Waals surface area contributed by atoms with Crippen molar-refractivity contribution in [3.63, 3.8) is 0 Å². The number of aryl methyl sites for hydroxylation is 1. The number of rotatable bonds is 12. The number of allylic oxidation sites excluding steroid dienone is 2. The average Bonchev–Trinajstić information content (AvgIpc) is 3.35. The zero-order chi connectivity index (χ0) is 52.8. The Morgan fingerprint density at radius 2 is 1.29 bits per heavy atom. The number of carbonyl (C=O) groups is 1. The van der Waals surface area contributed by atoms with Gasteiger partial charge in [0.25, 0.3) is 0 Å². The molecule has 1 amide bonds. The lowest BCUT2D eigenvalue weighted by Crippen LogP contribution is -2.68. The maximum Gasteiger partial charge on any atom is 0.226 e. The maximum absolute atomic E-state index is 14.7. The molecule has 1 aromatic carbocycles. The fourth-order valence-corrected chi connectivity index (χ4v) is 16.4. The molecule has 16 heteroatoms. The summed E-state index contributed by atoms with van der Waals surface area (Å²) < 4.78 is 37.5. The molecule has 23 atom stereocenters. The molecule has 8 aliphatic rings. The van der Waals surface area contributed by atoms with Crippen molar-refractivity contribution in [1.29, 1.82) is 0 Å². The Morgan fingerprint density at radius 3 is 1.92 bits per heavy atom. The van der Waals surface area contributed by atoms with Gasteiger partial charge < -0.3 is 74.6 Å². The van der Waals surface area contributed by atoms with E-state index in [0.717, 1.165) is 70.6 Å². The molecule has 412 valence electrons. The van der Waals surface area contributed by atoms with Crippen molar-refractivity contribution in [3.05, 3.63) is 47.5 Å². The second kappa shape index (κ2) is 20.6. The third kappa shape index (κ3) is 9.52. The highest BCUT2D eigenvalue weighted by molar-refractivity contribution is 5.84. The smallest absolute Gasteiger partial charge is 0.226 e. The number of nitrogens with one attached hydrogen (secondary N) is 1. The highest BCUT2D eigenvalue weighted by atomic mass is 16.8. The number of benzene rings is 1. The van der Waals surface area contributed by atoms with Gasteiger partial charge in [-0.05, 0) is 141 Å². The molecule has 1 aromatic rings. The first-order valence-electron chi connectivity index (χ1n) is 27.7. The Kier molecular flexibility index (Phi) is 15.7. The van der Waals surface area contributed by atoms with Crippen LogP contribution in [0.2, 0.25) is 0 Å². The van der Waals surface area contributed by atoms with Crippen LogP contribution in [0, 0.1) is 50.2 Å². The van der Waals surface area contributed by atoms with Gasteiger partial charge in [0.15, 0.2) is 18.9 Å². The van der Waals surface area contributed by atoms with Crippen LogP contribution >= 0.6 is 0 Å². The van der Waals surface area contributed by atoms with Gasteiger partial charge in [0.1, 0.15) is 61.0 Å². The molecule has 0 radical (unpaired) electrons. The minimum Gasteiger partial charge on any atom is -0.394 e. The number of fused-ring (bicyclic) bond motifs is 7. The Hall–Kier alpha value is -2.13. The zero-order valence-corrected chi connectivity index (χ0v) is 44.8. The predicted molar refractivity (Wildman–Crippen MR) is 268 cm³/mol. The second-order valence-corrected chi connectivity index (χ2v) is 26.0. The summed E-state index contributed by atoms with van der Waals surface area (Å²) in [4.78, 5) is 14.7. The van der Waals surface area contributed by atoms with Crippen molar-refractivity contribution in [2.24, 2.45) is 50.2 Å². The third-order valence-electron chi connectivity index (χ3n) is 21.1. The Labute approximate surface area is 432 Å². The quantitative estimate of drug-likeness (QED) is 0.0799. The first kappa shape index (κ1) is 55.6. The van der Waals surface area contributed by atoms with Crippen LogP contribution in [0.4, 0.5) is 0 Å². The summed E-state index contributed by atoms with van der Waals surface area (Å²) in [6.07, 6.45) is -8.67. The van der Waals surface area contributed by atoms with Gasteiger partial charge in [-0.2, -0.15) is 0 Å². The largest absolute Gasteiger partial charge is 0.394 e. The van der Waals surface area contributed by atoms with Gasteiger partial charge in [-0.15, -0.1) is 0 Å². The molecular formula is C57H89NO15. The van der Waals surface area contributed by atoms with Crippen LogP contribution in [0.15, 0.2) is 42.0 Å². The molecule has 0 aromatic heterocycles. The van der Waals surface area contributed by atoms with Crippen molar-refractivity contribution < 1.29 is 74.1 Å². The van der Waals surface area contributed by atoms with Gasteiger partial charge >= 0.3 is 0 Å². The highest BCUT2D eigenvalue weighted by Gasteiger charge is 2.70. The minimum absolute atomic E-state index is 0.0252. The van der Waals surface area contributed by atoms with E-state index in [1.54, 1.807) is 0 Å². The van der Waals surface area contributed by atoms with E-state index in [9.17, 15) is 45.6 Å². The zero-order valence-electron chi connectivity index (χ0n) is 44.8. The molecular weight excluding hydrogens is 939 g/mol. The van der Waals surface area contributed by atoms with Crippen LogP contribution in [-0.4, -0.2) is 158 Å². The number of ether oxygens (including phenoxy) is 6. The Morgan fingerprint density at radius 1 is 0.671 bits per heavy atom. The summed E-state index contributed by atoms with van der Waals surface area (Å²) in [6, 6.07) is 10.5. The van der Waals surface area contributed by atoms with Gasteiger partial charge in [-0.25, -0.2) is 0 Å². The van der Waals surface area contributed by atoms with Gasteiger partial charge in [-0.3, -0.25) is 4.79 Å². The standard InChI is InChI=1S/C57H89NO15/c1-30-39(60)41(62)43(64)48(68-30)72-46-35(29-59)70-50(47(45(46)66)73-49-44(65)42(63)40(61)31(2)69-49)71-38-20-21-54(7)36(53(38,5)6)19-22-56(9)37(54)18-17-33-34-28-52(3,4)23-25-57(34,26-24-55(33,56)8)51(67)58-27-13-16-32-14-11-10-12-15-32/h10-12,14-15,17,30-31,34-50,59-66H,13,16,18-29H2,1-9H3,(H,58,67)/t30-,31-,34-,35+,36-,37+,38-,39-,40-,41+,42+,43+,44+,45-,46+,47+,48-,49-,50-,54-,55+,56+,57-/m0/s1. The van der Waals surface area contributed by atoms with Gasteiger partial charge in [0.2, 0.25) is 5.91 Å². The van der Waals surface area contributed by atoms with Crippen LogP contribution in [0.5, 0.6) is 0 Å². The summed E-state index contributed by atoms with van der Waals surface area (Å²) in [5.41, 5.74) is 1.87. The summed E-state index contributed by atoms with van der Waals surface area (Å²) in [5.74, 6) is 0.989. The summed E-state index contributed by atoms with van der Waals surface area (Å²) >= 11 is 0. The third-order valence-corrected chi connectivity index (χ3v) is 21.1. The molecule has 3 saturated heterocycles. The fraction of sp³-hybridized carbons (Fsp3) is 0.842. The molecule has 5 aliphatic carbocycles. The molecule has 73 heavy (non-hydrogen) atoms. The molecule has 0 bridgehead atoms. The van der Waals surface area contributed by atoms with Crippen LogP contribution in [0.25, 0.3) is 0 Å². The fourth-order valence-electron chi connectivity index (χ4n) is 16.4. The molecule has 7 fully saturated rings. The van der Waals surface area contributed by atoms with Gasteiger partial charge in [-0.1, -0.05) is 90.4 Å². The van der Waals surface area contributed by atoms with E-state index in [1.807, 2.05) is 6.07 Å². The number of aliphatic hydroxyl groups excluding tert-OH is 8. The van der Waals surface area contributed by atoms with Crippen molar-refractivity contribution in [3.8, 4) is 0 Å². The Balaban J connectivity index is 0.954. The van der Waals surface area contributed by atoms with Crippen LogP contribution in [0.1, 0.15) is 139 Å². The van der Waals surface area contributed by atoms with E-state index in [1.165, 1.54) is 25.0 Å². The first-order chi connectivity index (χ1) is 34.3. The van der Waals surface area contributed by atoms with Crippen molar-refractivity contribution in [1.82, 2.24) is 5.32 Å². The monoisotopic (exact) mass is 1030 g/mol. The van der Waals surface area contributed by atoms with Crippen molar-refractivity contribution in [2.75, 3.05) is 13.2 Å². The van der Waals surface area contributed by atoms with Crippen LogP contribution in [0.3, 0.4) is 0 Å². The van der Waals surface area contributed by atoms with E-state index >= 15 is 0 Å². The Bertz CT molecular complexity index is 2130. The first-order valence-corrected chi connectivity index (χ1v) is 27.7. The molecule has 9 N–H and O–H groups in total. The van der Waals surface area contributed by atoms with Crippen molar-refractivity contribution >= 4 is 5.91 Å². The number of hydrogen-bond acceptors (Lipinski definition) is 15. The molecule has 4 saturated carbocycles. The lowest BCUT2D eigenvalue weighted by molar-refractivity contribution is -0.393. The molecule has 16 nitrogen and oxygen atoms in total. The SMILES string of the molecule is C[C@@H]1O[C@@H](O[C@H]2[C@H](O[C@H]3CC[C@]4(C)[C@H]5CC=C6[C@@H]7CC(C)(C)CC[C@]7(C(=O)NCCCc7ccccc7)CC[C@@]6(C)[C@]5(C)CC[C@H]4C3(C)C)O[C@H](CO)[C@@H](O[C@@H]3O[C@@H](C)[C@H](O)[C@@H](O)[C@H]3O)[C@@H]2O)[C@H](O)[C@H](O)[C@H]1O. The van der Waals surface area contributed by atoms with Gasteiger partial charge in [0.05, 0.1) is 30.3 Å². The van der Waals surface area contributed by atoms with Crippen LogP contribution < -0.4 is 5.32 Å². The molecule has 0 unspecified atom stereocenters. The summed E-state index contributed by atoms with van der Waals surface area (Å²) in [5, 5.41) is 90.7. The van der Waals surface area contributed by atoms with E-state index < -0.39 is 116 Å². The second-order valence-electron chi connectivity index (χ2n) is 26.0. The van der Waals surface area contributed by atoms with Gasteiger partial charge in [0, 0.05) is 6.54 Å². The normalized spacial score (nSPS) is 49.3. The predicted octanol–water partition coefficient (Wildman–Crippen LogP) is 4.43.